The van der Waals surface area contributed by atoms with Gasteiger partial charge in [-0.2, -0.15) is 0 Å². The molecule has 2 aromatic carbocycles. The van der Waals surface area contributed by atoms with E-state index in [1.165, 1.54) is 11.8 Å². The summed E-state index contributed by atoms with van der Waals surface area (Å²) in [6.07, 6.45) is 1.35. The van der Waals surface area contributed by atoms with Crippen molar-refractivity contribution >= 4 is 57.5 Å². The van der Waals surface area contributed by atoms with E-state index in [1.54, 1.807) is 0 Å². The maximum atomic E-state index is 12.3. The molecule has 0 aromatic heterocycles. The second kappa shape index (κ2) is 9.82. The lowest BCUT2D eigenvalue weighted by molar-refractivity contribution is -0.116. The van der Waals surface area contributed by atoms with Gasteiger partial charge in [-0.25, -0.2) is 0 Å². The highest BCUT2D eigenvalue weighted by Gasteiger charge is 2.14. The molecule has 0 aliphatic carbocycles. The summed E-state index contributed by atoms with van der Waals surface area (Å²) in [4.78, 5) is 24.9. The maximum Gasteiger partial charge on any atom is 0.237 e. The number of halogens is 1. The van der Waals surface area contributed by atoms with E-state index in [4.69, 9.17) is 0 Å². The summed E-state index contributed by atoms with van der Waals surface area (Å²) in [5.41, 5.74) is 1.57. The number of benzene rings is 2. The summed E-state index contributed by atoms with van der Waals surface area (Å²) in [6, 6.07) is 15.3. The monoisotopic (exact) mass is 468 g/mol. The quantitative estimate of drug-likeness (QED) is 0.437. The number of rotatable bonds is 7. The van der Waals surface area contributed by atoms with Gasteiger partial charge >= 0.3 is 0 Å². The minimum atomic E-state index is -0.222. The summed E-state index contributed by atoms with van der Waals surface area (Å²) in [7, 11) is 0. The van der Waals surface area contributed by atoms with Crippen molar-refractivity contribution in [2.45, 2.75) is 36.8 Å². The molecule has 0 fully saturated rings. The standard InChI is InChI=1S/C19H21IN2O2S/c1-3-4-18(23)21-15-9-11-17(12-10-15)25-13(2)19(24)22-16-7-5-14(20)6-8-16/h5-13H,3-4H2,1-2H3,(H,21,23)(H,22,24). The summed E-state index contributed by atoms with van der Waals surface area (Å²) in [5.74, 6) is -0.0142. The van der Waals surface area contributed by atoms with E-state index in [-0.39, 0.29) is 17.1 Å². The first-order valence-electron chi connectivity index (χ1n) is 8.11. The number of nitrogens with one attached hydrogen (secondary N) is 2. The van der Waals surface area contributed by atoms with Crippen LogP contribution in [0.3, 0.4) is 0 Å². The van der Waals surface area contributed by atoms with Crippen molar-refractivity contribution in [1.29, 1.82) is 0 Å². The van der Waals surface area contributed by atoms with Gasteiger partial charge in [0.05, 0.1) is 5.25 Å². The van der Waals surface area contributed by atoms with Gasteiger partial charge in [-0.1, -0.05) is 6.92 Å². The average molecular weight is 468 g/mol. The fourth-order valence-corrected chi connectivity index (χ4v) is 3.33. The summed E-state index contributed by atoms with van der Waals surface area (Å²) >= 11 is 3.72. The molecule has 132 valence electrons. The van der Waals surface area contributed by atoms with Gasteiger partial charge in [-0.05, 0) is 84.5 Å². The van der Waals surface area contributed by atoms with Crippen LogP contribution < -0.4 is 10.6 Å². The number of hydrogen-bond donors (Lipinski definition) is 2. The minimum Gasteiger partial charge on any atom is -0.326 e. The van der Waals surface area contributed by atoms with Crippen molar-refractivity contribution in [1.82, 2.24) is 0 Å². The van der Waals surface area contributed by atoms with Crippen molar-refractivity contribution in [2.24, 2.45) is 0 Å². The minimum absolute atomic E-state index is 0.0215. The molecule has 2 N–H and O–H groups in total. The van der Waals surface area contributed by atoms with Crippen LogP contribution in [-0.2, 0) is 9.59 Å². The molecule has 0 saturated carbocycles. The van der Waals surface area contributed by atoms with Crippen LogP contribution in [0.2, 0.25) is 0 Å². The maximum absolute atomic E-state index is 12.3. The van der Waals surface area contributed by atoms with Crippen molar-refractivity contribution < 1.29 is 9.59 Å². The van der Waals surface area contributed by atoms with Gasteiger partial charge < -0.3 is 10.6 Å². The van der Waals surface area contributed by atoms with Gasteiger partial charge in [0.1, 0.15) is 0 Å². The first-order valence-corrected chi connectivity index (χ1v) is 10.1. The van der Waals surface area contributed by atoms with Crippen LogP contribution in [-0.4, -0.2) is 17.1 Å². The van der Waals surface area contributed by atoms with Gasteiger partial charge in [-0.3, -0.25) is 9.59 Å². The van der Waals surface area contributed by atoms with Crippen molar-refractivity contribution in [3.63, 3.8) is 0 Å². The molecule has 1 atom stereocenters. The third-order valence-electron chi connectivity index (χ3n) is 3.41. The van der Waals surface area contributed by atoms with Crippen LogP contribution in [0.5, 0.6) is 0 Å². The Morgan fingerprint density at radius 3 is 2.16 bits per heavy atom. The lowest BCUT2D eigenvalue weighted by atomic mass is 10.3. The van der Waals surface area contributed by atoms with Gasteiger partial charge in [0.2, 0.25) is 11.8 Å². The highest BCUT2D eigenvalue weighted by Crippen LogP contribution is 2.26. The zero-order valence-electron chi connectivity index (χ0n) is 14.2. The van der Waals surface area contributed by atoms with Crippen LogP contribution in [0, 0.1) is 3.57 Å². The van der Waals surface area contributed by atoms with Crippen LogP contribution in [0.25, 0.3) is 0 Å². The highest BCUT2D eigenvalue weighted by molar-refractivity contribution is 14.1. The first kappa shape index (κ1) is 19.8. The Morgan fingerprint density at radius 2 is 1.56 bits per heavy atom. The molecule has 25 heavy (non-hydrogen) atoms. The van der Waals surface area contributed by atoms with Crippen LogP contribution >= 0.6 is 34.4 Å². The largest absolute Gasteiger partial charge is 0.326 e. The average Bonchev–Trinajstić information content (AvgIpc) is 2.59. The summed E-state index contributed by atoms with van der Waals surface area (Å²) in [5, 5.41) is 5.55. The lowest BCUT2D eigenvalue weighted by Gasteiger charge is -2.12. The van der Waals surface area contributed by atoms with Crippen molar-refractivity contribution in [3.05, 3.63) is 52.1 Å². The molecule has 2 aromatic rings. The predicted octanol–water partition coefficient (Wildman–Crippen LogP) is 5.15. The van der Waals surface area contributed by atoms with Gasteiger partial charge in [-0.15, -0.1) is 11.8 Å². The third-order valence-corrected chi connectivity index (χ3v) is 5.24. The van der Waals surface area contributed by atoms with Gasteiger partial charge in [0.15, 0.2) is 0 Å². The Bertz CT molecular complexity index is 717. The summed E-state index contributed by atoms with van der Waals surface area (Å²) < 4.78 is 1.13. The van der Waals surface area contributed by atoms with Crippen LogP contribution in [0.1, 0.15) is 26.7 Å². The predicted molar refractivity (Wildman–Crippen MR) is 113 cm³/mol. The molecule has 0 aliphatic rings. The highest BCUT2D eigenvalue weighted by atomic mass is 127. The number of thioether (sulfide) groups is 1. The molecule has 0 radical (unpaired) electrons. The fraction of sp³-hybridized carbons (Fsp3) is 0.263. The molecule has 0 spiro atoms. The molecule has 0 heterocycles. The molecule has 0 bridgehead atoms. The fourth-order valence-electron chi connectivity index (χ4n) is 2.10. The third kappa shape index (κ3) is 6.70. The number of anilines is 2. The SMILES string of the molecule is CCCC(=O)Nc1ccc(SC(C)C(=O)Nc2ccc(I)cc2)cc1. The second-order valence-corrected chi connectivity index (χ2v) is 8.24. The van der Waals surface area contributed by atoms with Crippen LogP contribution in [0.4, 0.5) is 11.4 Å². The van der Waals surface area contributed by atoms with E-state index in [0.717, 1.165) is 26.3 Å². The molecule has 0 aliphatic heterocycles. The van der Waals surface area contributed by atoms with E-state index >= 15 is 0 Å². The molecule has 6 heteroatoms. The summed E-state index contributed by atoms with van der Waals surface area (Å²) in [6.45, 7) is 3.85. The van der Waals surface area contributed by atoms with E-state index in [0.29, 0.717) is 6.42 Å². The molecule has 4 nitrogen and oxygen atoms in total. The number of carbonyl (C=O) groups excluding carboxylic acids is 2. The van der Waals surface area contributed by atoms with E-state index in [9.17, 15) is 9.59 Å². The Morgan fingerprint density at radius 1 is 1.00 bits per heavy atom. The Labute approximate surface area is 166 Å². The topological polar surface area (TPSA) is 58.2 Å². The molecule has 0 saturated heterocycles. The van der Waals surface area contributed by atoms with E-state index in [2.05, 4.69) is 33.2 Å². The zero-order valence-corrected chi connectivity index (χ0v) is 17.2. The van der Waals surface area contributed by atoms with Crippen LogP contribution in [0.15, 0.2) is 53.4 Å². The van der Waals surface area contributed by atoms with E-state index < -0.39 is 0 Å². The Kier molecular flexibility index (Phi) is 7.77. The van der Waals surface area contributed by atoms with Crippen molar-refractivity contribution in [2.75, 3.05) is 10.6 Å². The van der Waals surface area contributed by atoms with E-state index in [1.807, 2.05) is 62.4 Å². The second-order valence-electron chi connectivity index (χ2n) is 5.58. The number of amides is 2. The normalized spacial score (nSPS) is 11.6. The van der Waals surface area contributed by atoms with Gasteiger partial charge in [0.25, 0.3) is 0 Å². The van der Waals surface area contributed by atoms with Gasteiger partial charge in [0, 0.05) is 26.3 Å². The number of hydrogen-bond acceptors (Lipinski definition) is 3. The molecular formula is C19H21IN2O2S. The number of carbonyl (C=O) groups is 2. The lowest BCUT2D eigenvalue weighted by Crippen LogP contribution is -2.22. The first-order chi connectivity index (χ1) is 12.0. The zero-order chi connectivity index (χ0) is 18.2. The Hall–Kier alpha value is -1.54. The van der Waals surface area contributed by atoms with Crippen molar-refractivity contribution in [3.8, 4) is 0 Å². The molecule has 1 unspecified atom stereocenters. The molecular weight excluding hydrogens is 447 g/mol. The molecule has 2 amide bonds. The smallest absolute Gasteiger partial charge is 0.237 e. The Balaban J connectivity index is 1.88. The molecule has 2 rings (SSSR count).